The van der Waals surface area contributed by atoms with Crippen molar-refractivity contribution in [1.29, 1.82) is 0 Å². The Morgan fingerprint density at radius 3 is 2.45 bits per heavy atom. The van der Waals surface area contributed by atoms with E-state index >= 15 is 0 Å². The predicted molar refractivity (Wildman–Crippen MR) is 41.2 cm³/mol. The topological polar surface area (TPSA) is 43.8 Å². The van der Waals surface area contributed by atoms with Crippen LogP contribution in [0.15, 0.2) is 0 Å². The van der Waals surface area contributed by atoms with Crippen molar-refractivity contribution in [2.75, 3.05) is 19.6 Å². The molecular weight excluding hydrogens is 144 g/mol. The van der Waals surface area contributed by atoms with E-state index < -0.39 is 6.09 Å². The van der Waals surface area contributed by atoms with Crippen LogP contribution in [0.1, 0.15) is 19.8 Å². The van der Waals surface area contributed by atoms with E-state index in [1.807, 2.05) is 11.9 Å². The normalized spacial score (nSPS) is 18.6. The summed E-state index contributed by atoms with van der Waals surface area (Å²) in [6, 6.07) is 0. The molecule has 0 aromatic heterocycles. The van der Waals surface area contributed by atoms with E-state index in [0.29, 0.717) is 6.54 Å². The third kappa shape index (κ3) is 1.83. The van der Waals surface area contributed by atoms with Gasteiger partial charge in [-0.15, -0.1) is 0 Å². The van der Waals surface area contributed by atoms with Gasteiger partial charge in [0.25, 0.3) is 0 Å². The van der Waals surface area contributed by atoms with Gasteiger partial charge in [-0.3, -0.25) is 0 Å². The molecule has 0 aromatic rings. The molecule has 1 aliphatic rings. The minimum atomic E-state index is -0.839. The van der Waals surface area contributed by atoms with Crippen molar-refractivity contribution in [2.24, 2.45) is 0 Å². The summed E-state index contributed by atoms with van der Waals surface area (Å²) in [4.78, 5) is 10.6. The summed E-state index contributed by atoms with van der Waals surface area (Å²) in [5.41, 5.74) is 0. The van der Waals surface area contributed by atoms with Gasteiger partial charge in [0.05, 0.1) is 0 Å². The molecule has 11 heavy (non-hydrogen) atoms. The lowest BCUT2D eigenvalue weighted by molar-refractivity contribution is 0.0136. The van der Waals surface area contributed by atoms with Crippen LogP contribution in [-0.4, -0.2) is 40.9 Å². The smallest absolute Gasteiger partial charge is 0.421 e. The quantitative estimate of drug-likeness (QED) is 0.652. The van der Waals surface area contributed by atoms with E-state index in [4.69, 9.17) is 5.11 Å². The maximum Gasteiger partial charge on any atom is 0.421 e. The Morgan fingerprint density at radius 2 is 2.09 bits per heavy atom. The first-order valence-electron chi connectivity index (χ1n) is 4.01. The molecule has 4 heteroatoms. The second-order valence-corrected chi connectivity index (χ2v) is 2.66. The van der Waals surface area contributed by atoms with Gasteiger partial charge >= 0.3 is 6.09 Å². The van der Waals surface area contributed by atoms with Crippen LogP contribution in [0.2, 0.25) is 0 Å². The first-order chi connectivity index (χ1) is 5.25. The molecule has 0 bridgehead atoms. The number of rotatable bonds is 2. The lowest BCUT2D eigenvalue weighted by Crippen LogP contribution is -2.43. The first-order valence-corrected chi connectivity index (χ1v) is 4.01. The molecule has 0 unspecified atom stereocenters. The van der Waals surface area contributed by atoms with Gasteiger partial charge in [0.15, 0.2) is 0 Å². The molecule has 0 atom stereocenters. The Kier molecular flexibility index (Phi) is 2.70. The van der Waals surface area contributed by atoms with E-state index in [2.05, 4.69) is 0 Å². The molecule has 1 fully saturated rings. The minimum absolute atomic E-state index is 0.551. The fourth-order valence-corrected chi connectivity index (χ4v) is 1.40. The van der Waals surface area contributed by atoms with Gasteiger partial charge in [-0.05, 0) is 19.8 Å². The molecule has 64 valence electrons. The maximum atomic E-state index is 10.6. The van der Waals surface area contributed by atoms with Crippen LogP contribution in [0.25, 0.3) is 0 Å². The molecular formula is C7H14N2O2. The van der Waals surface area contributed by atoms with Gasteiger partial charge in [0.2, 0.25) is 0 Å². The van der Waals surface area contributed by atoms with Crippen molar-refractivity contribution >= 4 is 6.09 Å². The van der Waals surface area contributed by atoms with Crippen molar-refractivity contribution < 1.29 is 9.90 Å². The second kappa shape index (κ2) is 3.57. The largest absolute Gasteiger partial charge is 0.464 e. The summed E-state index contributed by atoms with van der Waals surface area (Å²) < 4.78 is 0. The molecule has 1 rings (SSSR count). The van der Waals surface area contributed by atoms with Crippen molar-refractivity contribution in [3.8, 4) is 0 Å². The highest BCUT2D eigenvalue weighted by molar-refractivity contribution is 5.64. The highest BCUT2D eigenvalue weighted by atomic mass is 16.4. The molecule has 1 amide bonds. The van der Waals surface area contributed by atoms with Crippen molar-refractivity contribution in [2.45, 2.75) is 19.8 Å². The van der Waals surface area contributed by atoms with E-state index in [9.17, 15) is 4.79 Å². The van der Waals surface area contributed by atoms with E-state index in [1.165, 1.54) is 5.01 Å². The molecule has 4 nitrogen and oxygen atoms in total. The molecule has 0 aromatic carbocycles. The molecule has 1 heterocycles. The Hall–Kier alpha value is -0.770. The van der Waals surface area contributed by atoms with Crippen LogP contribution in [-0.2, 0) is 0 Å². The standard InChI is InChI=1S/C7H14N2O2/c1-2-9(7(10)11)8-5-3-4-6-8/h2-6H2,1H3,(H,10,11). The van der Waals surface area contributed by atoms with Crippen molar-refractivity contribution in [3.05, 3.63) is 0 Å². The Labute approximate surface area is 66.4 Å². The Balaban J connectivity index is 2.46. The number of hydrogen-bond acceptors (Lipinski definition) is 2. The summed E-state index contributed by atoms with van der Waals surface area (Å²) in [7, 11) is 0. The lowest BCUT2D eigenvalue weighted by Gasteiger charge is -2.27. The fraction of sp³-hybridized carbons (Fsp3) is 0.857. The molecule has 0 radical (unpaired) electrons. The van der Waals surface area contributed by atoms with Crippen molar-refractivity contribution in [1.82, 2.24) is 10.0 Å². The summed E-state index contributed by atoms with van der Waals surface area (Å²) in [5.74, 6) is 0. The number of carboxylic acid groups (broad SMARTS) is 1. The highest BCUT2D eigenvalue weighted by Gasteiger charge is 2.21. The molecule has 1 aliphatic heterocycles. The molecule has 0 aliphatic carbocycles. The van der Waals surface area contributed by atoms with Gasteiger partial charge in [0.1, 0.15) is 0 Å². The fourth-order valence-electron chi connectivity index (χ4n) is 1.40. The minimum Gasteiger partial charge on any atom is -0.464 e. The summed E-state index contributed by atoms with van der Waals surface area (Å²) in [6.07, 6.45) is 1.39. The number of amides is 1. The average molecular weight is 158 g/mol. The second-order valence-electron chi connectivity index (χ2n) is 2.66. The lowest BCUT2D eigenvalue weighted by atomic mass is 10.4. The third-order valence-electron chi connectivity index (χ3n) is 1.94. The van der Waals surface area contributed by atoms with Crippen molar-refractivity contribution in [3.63, 3.8) is 0 Å². The Bertz CT molecular complexity index is 143. The third-order valence-corrected chi connectivity index (χ3v) is 1.94. The number of nitrogens with zero attached hydrogens (tertiary/aromatic N) is 2. The van der Waals surface area contributed by atoms with E-state index in [-0.39, 0.29) is 0 Å². The zero-order valence-electron chi connectivity index (χ0n) is 6.79. The van der Waals surface area contributed by atoms with Gasteiger partial charge in [-0.2, -0.15) is 0 Å². The molecule has 1 saturated heterocycles. The van der Waals surface area contributed by atoms with Gasteiger partial charge in [-0.1, -0.05) is 0 Å². The van der Waals surface area contributed by atoms with Crippen LogP contribution in [0.4, 0.5) is 4.79 Å². The first kappa shape index (κ1) is 8.33. The van der Waals surface area contributed by atoms with Gasteiger partial charge in [-0.25, -0.2) is 14.8 Å². The monoisotopic (exact) mass is 158 g/mol. The van der Waals surface area contributed by atoms with Crippen LogP contribution >= 0.6 is 0 Å². The van der Waals surface area contributed by atoms with E-state index in [1.54, 1.807) is 0 Å². The SMILES string of the molecule is CCN(C(=O)O)N1CCCC1. The maximum absolute atomic E-state index is 10.6. The van der Waals surface area contributed by atoms with Gasteiger partial charge < -0.3 is 5.11 Å². The van der Waals surface area contributed by atoms with E-state index in [0.717, 1.165) is 25.9 Å². The van der Waals surface area contributed by atoms with Gasteiger partial charge in [0, 0.05) is 19.6 Å². The summed E-state index contributed by atoms with van der Waals surface area (Å²) in [6.45, 7) is 4.18. The Morgan fingerprint density at radius 1 is 1.55 bits per heavy atom. The predicted octanol–water partition coefficient (Wildman–Crippen LogP) is 0.997. The molecule has 1 N–H and O–H groups in total. The molecule has 0 spiro atoms. The number of hydrogen-bond donors (Lipinski definition) is 1. The summed E-state index contributed by atoms with van der Waals surface area (Å²) >= 11 is 0. The number of carbonyl (C=O) groups is 1. The number of hydrazine groups is 1. The van der Waals surface area contributed by atoms with Crippen LogP contribution in [0, 0.1) is 0 Å². The molecule has 0 saturated carbocycles. The average Bonchev–Trinajstić information content (AvgIpc) is 2.40. The zero-order chi connectivity index (χ0) is 8.27. The van der Waals surface area contributed by atoms with Crippen LogP contribution in [0.3, 0.4) is 0 Å². The zero-order valence-corrected chi connectivity index (χ0v) is 6.79. The van der Waals surface area contributed by atoms with Crippen LogP contribution < -0.4 is 0 Å². The van der Waals surface area contributed by atoms with Crippen LogP contribution in [0.5, 0.6) is 0 Å². The summed E-state index contributed by atoms with van der Waals surface area (Å²) in [5, 5.41) is 12.0. The highest BCUT2D eigenvalue weighted by Crippen LogP contribution is 2.10.